The van der Waals surface area contributed by atoms with Gasteiger partial charge in [-0.05, 0) is 60.2 Å². The van der Waals surface area contributed by atoms with Crippen LogP contribution in [0.25, 0.3) is 64.2 Å². The normalized spacial score (nSPS) is 12.4. The first-order valence-corrected chi connectivity index (χ1v) is 16.6. The van der Waals surface area contributed by atoms with Crippen molar-refractivity contribution in [3.05, 3.63) is 158 Å². The molecule has 2 aromatic heterocycles. The number of pyridine rings is 1. The van der Waals surface area contributed by atoms with Gasteiger partial charge in [0, 0.05) is 53.1 Å². The Hall–Kier alpha value is -5.97. The van der Waals surface area contributed by atoms with Gasteiger partial charge in [0.25, 0.3) is 0 Å². The molecule has 1 aliphatic heterocycles. The smallest absolute Gasteiger partial charge is 0.151 e. The largest absolute Gasteiger partial charge is 0.453 e. The van der Waals surface area contributed by atoms with Crippen LogP contribution in [0.3, 0.4) is 0 Å². The summed E-state index contributed by atoms with van der Waals surface area (Å²) in [6.07, 6.45) is 0. The van der Waals surface area contributed by atoms with Crippen molar-refractivity contribution in [3.63, 3.8) is 0 Å². The first-order chi connectivity index (χ1) is 23.3. The van der Waals surface area contributed by atoms with Crippen molar-refractivity contribution in [2.75, 3.05) is 4.90 Å². The molecular weight excluding hydrogens is 593 g/mol. The van der Waals surface area contributed by atoms with Gasteiger partial charge in [-0.1, -0.05) is 103 Å². The van der Waals surface area contributed by atoms with Gasteiger partial charge in [0.15, 0.2) is 11.5 Å². The zero-order valence-electron chi connectivity index (χ0n) is 25.2. The van der Waals surface area contributed by atoms with Crippen LogP contribution in [0.4, 0.5) is 17.1 Å². The van der Waals surface area contributed by atoms with Crippen LogP contribution in [0.1, 0.15) is 0 Å². The topological polar surface area (TPSA) is 25.4 Å². The van der Waals surface area contributed by atoms with Gasteiger partial charge in [0.2, 0.25) is 0 Å². The molecule has 3 nitrogen and oxygen atoms in total. The van der Waals surface area contributed by atoms with Crippen molar-refractivity contribution in [2.24, 2.45) is 0 Å². The van der Waals surface area contributed by atoms with E-state index in [2.05, 4.69) is 138 Å². The number of para-hydroxylation sites is 5. The zero-order chi connectivity index (χ0) is 30.9. The average molecular weight is 619 g/mol. The van der Waals surface area contributed by atoms with Crippen molar-refractivity contribution in [3.8, 4) is 33.9 Å². The third kappa shape index (κ3) is 4.02. The Bertz CT molecular complexity index is 2610. The van der Waals surface area contributed by atoms with E-state index in [0.29, 0.717) is 0 Å². The van der Waals surface area contributed by atoms with Crippen LogP contribution >= 0.6 is 11.3 Å². The molecule has 0 atom stereocenters. The molecule has 0 N–H and O–H groups in total. The lowest BCUT2D eigenvalue weighted by atomic mass is 9.92. The van der Waals surface area contributed by atoms with Gasteiger partial charge in [-0.2, -0.15) is 0 Å². The molecule has 9 aromatic rings. The van der Waals surface area contributed by atoms with E-state index in [1.807, 2.05) is 35.6 Å². The molecule has 3 heterocycles. The second kappa shape index (κ2) is 10.3. The quantitative estimate of drug-likeness (QED) is 0.184. The van der Waals surface area contributed by atoms with Crippen molar-refractivity contribution in [1.82, 2.24) is 4.98 Å². The number of rotatable bonds is 3. The summed E-state index contributed by atoms with van der Waals surface area (Å²) in [5.41, 5.74) is 8.68. The van der Waals surface area contributed by atoms with Crippen LogP contribution in [0.5, 0.6) is 11.5 Å². The average Bonchev–Trinajstić information content (AvgIpc) is 3.53. The number of aromatic nitrogens is 1. The van der Waals surface area contributed by atoms with Crippen LogP contribution in [-0.4, -0.2) is 4.98 Å². The summed E-state index contributed by atoms with van der Waals surface area (Å²) in [4.78, 5) is 7.57. The SMILES string of the molecule is c1ccc(-c2nc3ccccc3c3c2cc(-c2ccc(N4c5ccccc5Oc5ccccc54)cc2)c2sc4ccccc4c23)cc1. The molecule has 10 rings (SSSR count). The fourth-order valence-corrected chi connectivity index (χ4v) is 8.38. The predicted molar refractivity (Wildman–Crippen MR) is 198 cm³/mol. The molecule has 1 aliphatic rings. The number of nitrogens with zero attached hydrogens (tertiary/aromatic N) is 2. The Morgan fingerprint density at radius 1 is 0.511 bits per heavy atom. The number of hydrogen-bond donors (Lipinski definition) is 0. The Kier molecular flexibility index (Phi) is 5.74. The molecule has 0 fully saturated rings. The van der Waals surface area contributed by atoms with Crippen molar-refractivity contribution >= 4 is 70.2 Å². The summed E-state index contributed by atoms with van der Waals surface area (Å²) in [5.74, 6) is 1.70. The molecule has 0 radical (unpaired) electrons. The number of fused-ring (bicyclic) bond motifs is 9. The molecule has 0 spiro atoms. The summed E-state index contributed by atoms with van der Waals surface area (Å²) in [6.45, 7) is 0. The maximum atomic E-state index is 6.27. The molecule has 0 bridgehead atoms. The fourth-order valence-electron chi connectivity index (χ4n) is 7.13. The molecule has 0 saturated carbocycles. The molecule has 0 aliphatic carbocycles. The van der Waals surface area contributed by atoms with E-state index in [1.165, 1.54) is 47.5 Å². The first-order valence-electron chi connectivity index (χ1n) is 15.8. The highest BCUT2D eigenvalue weighted by Gasteiger charge is 2.26. The van der Waals surface area contributed by atoms with E-state index in [4.69, 9.17) is 9.72 Å². The van der Waals surface area contributed by atoms with Gasteiger partial charge in [-0.25, -0.2) is 4.98 Å². The standard InChI is InChI=1S/C43H26N2OS/c1-2-12-28(13-3-1)42-33-26-32(43-41(31-15-5-11-21-39(31)47-43)40(33)30-14-4-6-16-34(30)44-42)27-22-24-29(25-23-27)45-35-17-7-9-19-37(35)46-38-20-10-8-18-36(38)45/h1-26H. The molecule has 47 heavy (non-hydrogen) atoms. The molecular formula is C43H26N2OS. The summed E-state index contributed by atoms with van der Waals surface area (Å²) in [7, 11) is 0. The second-order valence-corrected chi connectivity index (χ2v) is 13.0. The second-order valence-electron chi connectivity index (χ2n) is 11.9. The number of anilines is 3. The van der Waals surface area contributed by atoms with Gasteiger partial charge >= 0.3 is 0 Å². The van der Waals surface area contributed by atoms with E-state index >= 15 is 0 Å². The molecule has 220 valence electrons. The van der Waals surface area contributed by atoms with Crippen LogP contribution in [-0.2, 0) is 0 Å². The molecule has 7 aromatic carbocycles. The van der Waals surface area contributed by atoms with Crippen molar-refractivity contribution in [2.45, 2.75) is 0 Å². The molecule has 0 amide bonds. The Balaban J connectivity index is 1.24. The summed E-state index contributed by atoms with van der Waals surface area (Å²) in [5, 5.41) is 6.20. The lowest BCUT2D eigenvalue weighted by Gasteiger charge is -2.32. The van der Waals surface area contributed by atoms with Gasteiger partial charge in [-0.3, -0.25) is 0 Å². The third-order valence-electron chi connectivity index (χ3n) is 9.22. The number of ether oxygens (including phenoxy) is 1. The minimum absolute atomic E-state index is 0.852. The van der Waals surface area contributed by atoms with Crippen LogP contribution in [0.15, 0.2) is 158 Å². The zero-order valence-corrected chi connectivity index (χ0v) is 26.0. The molecule has 0 unspecified atom stereocenters. The van der Waals surface area contributed by atoms with E-state index in [1.54, 1.807) is 0 Å². The number of thiophene rings is 1. The summed E-state index contributed by atoms with van der Waals surface area (Å²) < 4.78 is 8.86. The van der Waals surface area contributed by atoms with Gasteiger partial charge < -0.3 is 9.64 Å². The Morgan fingerprint density at radius 2 is 1.15 bits per heavy atom. The Labute approximate surface area is 275 Å². The summed E-state index contributed by atoms with van der Waals surface area (Å²) >= 11 is 1.87. The highest BCUT2D eigenvalue weighted by Crippen LogP contribution is 2.51. The predicted octanol–water partition coefficient (Wildman–Crippen LogP) is 12.7. The highest BCUT2D eigenvalue weighted by atomic mass is 32.1. The van der Waals surface area contributed by atoms with Gasteiger partial charge in [0.1, 0.15) is 0 Å². The molecule has 0 saturated heterocycles. The van der Waals surface area contributed by atoms with Crippen LogP contribution < -0.4 is 9.64 Å². The minimum Gasteiger partial charge on any atom is -0.453 e. The van der Waals surface area contributed by atoms with Gasteiger partial charge in [-0.15, -0.1) is 11.3 Å². The van der Waals surface area contributed by atoms with Gasteiger partial charge in [0.05, 0.1) is 22.6 Å². The third-order valence-corrected chi connectivity index (χ3v) is 10.4. The van der Waals surface area contributed by atoms with E-state index in [9.17, 15) is 0 Å². The summed E-state index contributed by atoms with van der Waals surface area (Å²) in [6, 6.07) is 55.8. The Morgan fingerprint density at radius 3 is 1.91 bits per heavy atom. The van der Waals surface area contributed by atoms with Crippen LogP contribution in [0, 0.1) is 0 Å². The minimum atomic E-state index is 0.852. The molecule has 4 heteroatoms. The lowest BCUT2D eigenvalue weighted by Crippen LogP contribution is -2.15. The maximum Gasteiger partial charge on any atom is 0.151 e. The first kappa shape index (κ1) is 26.3. The number of benzene rings is 7. The van der Waals surface area contributed by atoms with E-state index < -0.39 is 0 Å². The monoisotopic (exact) mass is 618 g/mol. The number of hydrogen-bond acceptors (Lipinski definition) is 4. The van der Waals surface area contributed by atoms with E-state index in [-0.39, 0.29) is 0 Å². The highest BCUT2D eigenvalue weighted by molar-refractivity contribution is 7.26. The lowest BCUT2D eigenvalue weighted by molar-refractivity contribution is 0.477. The van der Waals surface area contributed by atoms with E-state index in [0.717, 1.165) is 45.3 Å². The maximum absolute atomic E-state index is 6.27. The van der Waals surface area contributed by atoms with Crippen LogP contribution in [0.2, 0.25) is 0 Å². The fraction of sp³-hybridized carbons (Fsp3) is 0. The van der Waals surface area contributed by atoms with Crippen molar-refractivity contribution < 1.29 is 4.74 Å². The van der Waals surface area contributed by atoms with Crippen molar-refractivity contribution in [1.29, 1.82) is 0 Å².